The maximum absolute atomic E-state index is 5.97. The molecule has 0 radical (unpaired) electrons. The topological polar surface area (TPSA) is 21.8 Å². The maximum atomic E-state index is 5.97. The third kappa shape index (κ3) is 2.68. The lowest BCUT2D eigenvalue weighted by Gasteiger charge is -2.27. The van der Waals surface area contributed by atoms with Gasteiger partial charge in [-0.2, -0.15) is 0 Å². The minimum atomic E-state index is 0.0139. The van der Waals surface area contributed by atoms with Gasteiger partial charge in [0.1, 0.15) is 0 Å². The van der Waals surface area contributed by atoms with Crippen LogP contribution in [0.3, 0.4) is 0 Å². The molecule has 0 N–H and O–H groups in total. The van der Waals surface area contributed by atoms with Crippen molar-refractivity contribution in [3.63, 3.8) is 0 Å². The molecule has 2 aliphatic rings. The van der Waals surface area contributed by atoms with Gasteiger partial charge in [0, 0.05) is 0 Å². The molecule has 1 aliphatic heterocycles. The molecule has 0 amide bonds. The van der Waals surface area contributed by atoms with E-state index in [0.717, 1.165) is 0 Å². The summed E-state index contributed by atoms with van der Waals surface area (Å²) in [6.07, 6.45) is 6.38. The molecule has 0 aromatic heterocycles. The fourth-order valence-corrected chi connectivity index (χ4v) is 2.15. The fourth-order valence-electron chi connectivity index (χ4n) is 2.15. The highest BCUT2D eigenvalue weighted by Crippen LogP contribution is 2.36. The number of hydrogen-bond acceptors (Lipinski definition) is 2. The summed E-state index contributed by atoms with van der Waals surface area (Å²) in [6, 6.07) is 0. The number of epoxide rings is 1. The molecule has 2 unspecified atom stereocenters. The number of hydrogen-bond donors (Lipinski definition) is 0. The Labute approximate surface area is 80.6 Å². The highest BCUT2D eigenvalue weighted by molar-refractivity contribution is 4.89. The normalized spacial score (nSPS) is 39.5. The molecule has 1 heterocycles. The van der Waals surface area contributed by atoms with E-state index >= 15 is 0 Å². The smallest absolute Gasteiger partial charge is 0.0842 e. The SMILES string of the molecule is CC(C)(C)OC1CCC2OC2CC1. The Morgan fingerprint density at radius 3 is 2.00 bits per heavy atom. The average molecular weight is 184 g/mol. The van der Waals surface area contributed by atoms with Gasteiger partial charge in [0.05, 0.1) is 23.9 Å². The summed E-state index contributed by atoms with van der Waals surface area (Å²) in [5.41, 5.74) is 0.0139. The first-order chi connectivity index (χ1) is 6.04. The van der Waals surface area contributed by atoms with E-state index in [-0.39, 0.29) is 5.60 Å². The predicted molar refractivity (Wildman–Crippen MR) is 51.8 cm³/mol. The molecule has 76 valence electrons. The van der Waals surface area contributed by atoms with Crippen LogP contribution < -0.4 is 0 Å². The van der Waals surface area contributed by atoms with Gasteiger partial charge in [-0.3, -0.25) is 0 Å². The maximum Gasteiger partial charge on any atom is 0.0842 e. The van der Waals surface area contributed by atoms with E-state index in [4.69, 9.17) is 9.47 Å². The van der Waals surface area contributed by atoms with Crippen molar-refractivity contribution < 1.29 is 9.47 Å². The molecule has 1 saturated carbocycles. The van der Waals surface area contributed by atoms with Gasteiger partial charge in [-0.05, 0) is 46.5 Å². The largest absolute Gasteiger partial charge is 0.373 e. The Hall–Kier alpha value is -0.0800. The quantitative estimate of drug-likeness (QED) is 0.584. The summed E-state index contributed by atoms with van der Waals surface area (Å²) in [4.78, 5) is 0. The summed E-state index contributed by atoms with van der Waals surface area (Å²) < 4.78 is 11.5. The third-order valence-electron chi connectivity index (χ3n) is 2.75. The molecule has 0 bridgehead atoms. The van der Waals surface area contributed by atoms with E-state index in [1.807, 2.05) is 0 Å². The predicted octanol–water partition coefficient (Wildman–Crippen LogP) is 2.51. The molecule has 2 nitrogen and oxygen atoms in total. The monoisotopic (exact) mass is 184 g/mol. The Balaban J connectivity index is 1.80. The van der Waals surface area contributed by atoms with Crippen LogP contribution in [0.2, 0.25) is 0 Å². The van der Waals surface area contributed by atoms with Gasteiger partial charge in [0.25, 0.3) is 0 Å². The van der Waals surface area contributed by atoms with Gasteiger partial charge in [0.15, 0.2) is 0 Å². The standard InChI is InChI=1S/C11H20O2/c1-11(2,3)13-8-4-6-9-10(12-9)7-5-8/h8-10H,4-7H2,1-3H3. The lowest BCUT2D eigenvalue weighted by molar-refractivity contribution is -0.0679. The van der Waals surface area contributed by atoms with Crippen molar-refractivity contribution in [3.05, 3.63) is 0 Å². The number of fused-ring (bicyclic) bond motifs is 1. The van der Waals surface area contributed by atoms with E-state index in [1.165, 1.54) is 25.7 Å². The third-order valence-corrected chi connectivity index (χ3v) is 2.75. The van der Waals surface area contributed by atoms with Crippen LogP contribution in [-0.4, -0.2) is 23.9 Å². The fraction of sp³-hybridized carbons (Fsp3) is 1.00. The first-order valence-electron chi connectivity index (χ1n) is 5.38. The van der Waals surface area contributed by atoms with E-state index < -0.39 is 0 Å². The van der Waals surface area contributed by atoms with Crippen molar-refractivity contribution in [3.8, 4) is 0 Å². The summed E-state index contributed by atoms with van der Waals surface area (Å²) >= 11 is 0. The highest BCUT2D eigenvalue weighted by Gasteiger charge is 2.41. The zero-order valence-corrected chi connectivity index (χ0v) is 8.88. The summed E-state index contributed by atoms with van der Waals surface area (Å²) in [6.45, 7) is 6.40. The van der Waals surface area contributed by atoms with Crippen LogP contribution in [0.25, 0.3) is 0 Å². The van der Waals surface area contributed by atoms with Crippen molar-refractivity contribution in [2.45, 2.75) is 70.4 Å². The lowest BCUT2D eigenvalue weighted by Crippen LogP contribution is -2.27. The van der Waals surface area contributed by atoms with Gasteiger partial charge < -0.3 is 9.47 Å². The summed E-state index contributed by atoms with van der Waals surface area (Å²) in [5.74, 6) is 0. The van der Waals surface area contributed by atoms with E-state index in [2.05, 4.69) is 20.8 Å². The van der Waals surface area contributed by atoms with E-state index in [9.17, 15) is 0 Å². The van der Waals surface area contributed by atoms with Crippen LogP contribution in [-0.2, 0) is 9.47 Å². The van der Waals surface area contributed by atoms with Crippen molar-refractivity contribution in [1.82, 2.24) is 0 Å². The molecular weight excluding hydrogens is 164 g/mol. The van der Waals surface area contributed by atoms with Crippen molar-refractivity contribution in [2.24, 2.45) is 0 Å². The molecule has 1 saturated heterocycles. The second-order valence-electron chi connectivity index (χ2n) is 5.22. The minimum absolute atomic E-state index is 0.0139. The van der Waals surface area contributed by atoms with Gasteiger partial charge in [0.2, 0.25) is 0 Å². The van der Waals surface area contributed by atoms with E-state index in [0.29, 0.717) is 18.3 Å². The van der Waals surface area contributed by atoms with Crippen LogP contribution in [0, 0.1) is 0 Å². The van der Waals surface area contributed by atoms with Crippen molar-refractivity contribution >= 4 is 0 Å². The second-order valence-corrected chi connectivity index (χ2v) is 5.22. The zero-order valence-electron chi connectivity index (χ0n) is 8.88. The molecular formula is C11H20O2. The Morgan fingerprint density at radius 1 is 1.00 bits per heavy atom. The summed E-state index contributed by atoms with van der Waals surface area (Å²) in [7, 11) is 0. The molecule has 2 atom stereocenters. The Bertz CT molecular complexity index is 171. The first kappa shape index (κ1) is 9.47. The molecule has 2 heteroatoms. The van der Waals surface area contributed by atoms with Gasteiger partial charge in [-0.15, -0.1) is 0 Å². The molecule has 13 heavy (non-hydrogen) atoms. The minimum Gasteiger partial charge on any atom is -0.373 e. The van der Waals surface area contributed by atoms with Gasteiger partial charge >= 0.3 is 0 Å². The summed E-state index contributed by atoms with van der Waals surface area (Å²) in [5, 5.41) is 0. The van der Waals surface area contributed by atoms with Crippen molar-refractivity contribution in [1.29, 1.82) is 0 Å². The average Bonchev–Trinajstić information content (AvgIpc) is 2.68. The molecule has 0 aromatic rings. The van der Waals surface area contributed by atoms with Crippen LogP contribution in [0.1, 0.15) is 46.5 Å². The number of rotatable bonds is 1. The van der Waals surface area contributed by atoms with Crippen LogP contribution in [0.5, 0.6) is 0 Å². The Kier molecular flexibility index (Phi) is 2.37. The zero-order chi connectivity index (χ0) is 9.47. The van der Waals surface area contributed by atoms with E-state index in [1.54, 1.807) is 0 Å². The molecule has 1 aliphatic carbocycles. The first-order valence-corrected chi connectivity index (χ1v) is 5.38. The molecule has 2 rings (SSSR count). The van der Waals surface area contributed by atoms with Crippen molar-refractivity contribution in [2.75, 3.05) is 0 Å². The Morgan fingerprint density at radius 2 is 1.54 bits per heavy atom. The molecule has 2 fully saturated rings. The number of ether oxygens (including phenoxy) is 2. The van der Waals surface area contributed by atoms with Crippen LogP contribution >= 0.6 is 0 Å². The second kappa shape index (κ2) is 3.25. The lowest BCUT2D eigenvalue weighted by atomic mass is 10.1. The molecule has 0 spiro atoms. The van der Waals surface area contributed by atoms with Crippen LogP contribution in [0.15, 0.2) is 0 Å². The van der Waals surface area contributed by atoms with Gasteiger partial charge in [-0.1, -0.05) is 0 Å². The van der Waals surface area contributed by atoms with Gasteiger partial charge in [-0.25, -0.2) is 0 Å². The molecule has 0 aromatic carbocycles. The highest BCUT2D eigenvalue weighted by atomic mass is 16.6. The van der Waals surface area contributed by atoms with Crippen LogP contribution in [0.4, 0.5) is 0 Å².